The molecule has 0 saturated heterocycles. The van der Waals surface area contributed by atoms with Crippen LogP contribution >= 0.6 is 0 Å². The van der Waals surface area contributed by atoms with Crippen molar-refractivity contribution in [1.29, 1.82) is 0 Å². The summed E-state index contributed by atoms with van der Waals surface area (Å²) in [4.78, 5) is 15.8. The third-order valence-corrected chi connectivity index (χ3v) is 12.4. The molecule has 2 aromatic heterocycles. The molecule has 2 heterocycles. The molecule has 10 aromatic carbocycles. The molecule has 0 fully saturated rings. The van der Waals surface area contributed by atoms with E-state index >= 15 is 0 Å². The molecule has 0 aliphatic carbocycles. The van der Waals surface area contributed by atoms with Gasteiger partial charge in [-0.2, -0.15) is 0 Å². The molecule has 12 aromatic rings. The molecule has 0 unspecified atom stereocenters. The van der Waals surface area contributed by atoms with E-state index in [4.69, 9.17) is 19.4 Å². The Morgan fingerprint density at radius 1 is 0.262 bits per heavy atom. The quantitative estimate of drug-likeness (QED) is 0.153. The van der Waals surface area contributed by atoms with E-state index in [0.717, 1.165) is 88.3 Å². The summed E-state index contributed by atoms with van der Waals surface area (Å²) in [5.41, 5.74) is 15.7. The summed E-state index contributed by atoms with van der Waals surface area (Å²) < 4.78 is 6.81. The molecular weight excluding hydrogens is 791 g/mol. The van der Waals surface area contributed by atoms with Crippen LogP contribution in [0.4, 0.5) is 0 Å². The Labute approximate surface area is 376 Å². The van der Waals surface area contributed by atoms with Gasteiger partial charge in [-0.25, -0.2) is 15.0 Å². The molecule has 4 heteroatoms. The van der Waals surface area contributed by atoms with Crippen LogP contribution in [0.3, 0.4) is 0 Å². The zero-order chi connectivity index (χ0) is 43.1. The summed E-state index contributed by atoms with van der Waals surface area (Å²) in [7, 11) is 0. The van der Waals surface area contributed by atoms with E-state index < -0.39 is 0 Å². The van der Waals surface area contributed by atoms with Crippen molar-refractivity contribution < 1.29 is 4.42 Å². The van der Waals surface area contributed by atoms with Crippen molar-refractivity contribution in [2.45, 2.75) is 0 Å². The van der Waals surface area contributed by atoms with E-state index in [9.17, 15) is 0 Å². The number of fused-ring (bicyclic) bond motifs is 4. The Bertz CT molecular complexity index is 3670. The van der Waals surface area contributed by atoms with E-state index in [1.807, 2.05) is 24.3 Å². The van der Waals surface area contributed by atoms with Gasteiger partial charge in [-0.15, -0.1) is 0 Å². The minimum atomic E-state index is 0.578. The van der Waals surface area contributed by atoms with Gasteiger partial charge in [0.1, 0.15) is 11.2 Å². The zero-order valence-electron chi connectivity index (χ0n) is 35.3. The second-order valence-corrected chi connectivity index (χ2v) is 16.3. The van der Waals surface area contributed by atoms with Gasteiger partial charge in [0.25, 0.3) is 0 Å². The highest BCUT2D eigenvalue weighted by atomic mass is 16.3. The van der Waals surface area contributed by atoms with E-state index in [2.05, 4.69) is 212 Å². The van der Waals surface area contributed by atoms with Crippen LogP contribution in [0.15, 0.2) is 241 Å². The van der Waals surface area contributed by atoms with Gasteiger partial charge in [0.2, 0.25) is 0 Å². The lowest BCUT2D eigenvalue weighted by Gasteiger charge is -2.12. The molecule has 0 aliphatic rings. The van der Waals surface area contributed by atoms with Gasteiger partial charge in [-0.3, -0.25) is 0 Å². The lowest BCUT2D eigenvalue weighted by Crippen LogP contribution is -2.01. The van der Waals surface area contributed by atoms with Crippen molar-refractivity contribution in [3.05, 3.63) is 237 Å². The third-order valence-electron chi connectivity index (χ3n) is 12.4. The lowest BCUT2D eigenvalue weighted by molar-refractivity contribution is 0.670. The molecule has 65 heavy (non-hydrogen) atoms. The number of hydrogen-bond donors (Lipinski definition) is 0. The first-order valence-corrected chi connectivity index (χ1v) is 21.9. The number of nitrogens with zero attached hydrogens (tertiary/aromatic N) is 3. The Morgan fingerprint density at radius 3 is 1.38 bits per heavy atom. The standard InChI is InChI=1S/C61H39N3O/c1-4-14-40(15-5-1)43-30-35-47(36-31-43)59-62-60(52-24-11-20-45-34-37-50(39-55(45)52)42-18-8-3-9-19-42)64-61(63-59)54-26-13-27-56-57(54)53-25-12-23-51(58(53)65-56)46-32-28-44(29-33-46)49-22-10-21-48(38-49)41-16-6-2-7-17-41/h1-39H. The molecule has 0 N–H and O–H groups in total. The molecule has 304 valence electrons. The van der Waals surface area contributed by atoms with Crippen LogP contribution in [0, 0.1) is 0 Å². The van der Waals surface area contributed by atoms with Crippen molar-refractivity contribution in [2.24, 2.45) is 0 Å². The average molecular weight is 830 g/mol. The summed E-state index contributed by atoms with van der Waals surface area (Å²) in [5.74, 6) is 1.78. The first-order valence-electron chi connectivity index (χ1n) is 21.9. The highest BCUT2D eigenvalue weighted by Gasteiger charge is 2.21. The Hall–Kier alpha value is -8.73. The van der Waals surface area contributed by atoms with Crippen molar-refractivity contribution in [3.63, 3.8) is 0 Å². The Balaban J connectivity index is 0.988. The second kappa shape index (κ2) is 16.2. The number of aromatic nitrogens is 3. The van der Waals surface area contributed by atoms with Crippen LogP contribution in [0.5, 0.6) is 0 Å². The van der Waals surface area contributed by atoms with E-state index in [1.165, 1.54) is 16.7 Å². The van der Waals surface area contributed by atoms with Crippen LogP contribution in [0.2, 0.25) is 0 Å². The summed E-state index contributed by atoms with van der Waals surface area (Å²) >= 11 is 0. The van der Waals surface area contributed by atoms with Crippen molar-refractivity contribution in [3.8, 4) is 89.8 Å². The zero-order valence-corrected chi connectivity index (χ0v) is 35.3. The monoisotopic (exact) mass is 829 g/mol. The summed E-state index contributed by atoms with van der Waals surface area (Å²) in [6.45, 7) is 0. The maximum atomic E-state index is 6.81. The van der Waals surface area contributed by atoms with Gasteiger partial charge in [0.15, 0.2) is 17.5 Å². The molecule has 0 radical (unpaired) electrons. The lowest BCUT2D eigenvalue weighted by atomic mass is 9.96. The van der Waals surface area contributed by atoms with Gasteiger partial charge in [0, 0.05) is 33.0 Å². The van der Waals surface area contributed by atoms with Gasteiger partial charge >= 0.3 is 0 Å². The minimum Gasteiger partial charge on any atom is -0.455 e. The average Bonchev–Trinajstić information content (AvgIpc) is 3.79. The maximum Gasteiger partial charge on any atom is 0.164 e. The summed E-state index contributed by atoms with van der Waals surface area (Å²) in [6.07, 6.45) is 0. The van der Waals surface area contributed by atoms with Gasteiger partial charge in [-0.05, 0) is 79.0 Å². The number of hydrogen-bond acceptors (Lipinski definition) is 4. The summed E-state index contributed by atoms with van der Waals surface area (Å²) in [5, 5.41) is 4.15. The van der Waals surface area contributed by atoms with Crippen LogP contribution < -0.4 is 0 Å². The van der Waals surface area contributed by atoms with Crippen LogP contribution in [-0.4, -0.2) is 15.0 Å². The highest BCUT2D eigenvalue weighted by molar-refractivity contribution is 6.15. The molecule has 4 nitrogen and oxygen atoms in total. The minimum absolute atomic E-state index is 0.578. The largest absolute Gasteiger partial charge is 0.455 e. The SMILES string of the molecule is c1ccc(-c2ccc(-c3nc(-c4cccc5ccc(-c6ccccc6)cc45)nc(-c4cccc5oc6c(-c7ccc(-c8cccc(-c9ccccc9)c8)cc7)cccc6c45)n3)cc2)cc1. The number of rotatable bonds is 8. The van der Waals surface area contributed by atoms with Gasteiger partial charge in [0.05, 0.1) is 0 Å². The molecule has 0 bridgehead atoms. The van der Waals surface area contributed by atoms with E-state index in [-0.39, 0.29) is 0 Å². The number of para-hydroxylation sites is 1. The fraction of sp³-hybridized carbons (Fsp3) is 0. The predicted molar refractivity (Wildman–Crippen MR) is 268 cm³/mol. The number of benzene rings is 10. The molecular formula is C61H39N3O. The van der Waals surface area contributed by atoms with Crippen LogP contribution in [0.25, 0.3) is 123 Å². The first-order chi connectivity index (χ1) is 32.2. The van der Waals surface area contributed by atoms with E-state index in [1.54, 1.807) is 0 Å². The van der Waals surface area contributed by atoms with Crippen LogP contribution in [-0.2, 0) is 0 Å². The summed E-state index contributed by atoms with van der Waals surface area (Å²) in [6, 6.07) is 82.9. The van der Waals surface area contributed by atoms with Gasteiger partial charge < -0.3 is 4.42 Å². The smallest absolute Gasteiger partial charge is 0.164 e. The van der Waals surface area contributed by atoms with Crippen LogP contribution in [0.1, 0.15) is 0 Å². The van der Waals surface area contributed by atoms with Gasteiger partial charge in [-0.1, -0.05) is 218 Å². The normalized spacial score (nSPS) is 11.4. The molecule has 0 aliphatic heterocycles. The molecule has 0 amide bonds. The predicted octanol–water partition coefficient (Wildman–Crippen LogP) is 16.3. The molecule has 0 saturated carbocycles. The molecule has 0 atom stereocenters. The Kier molecular flexibility index (Phi) is 9.46. The van der Waals surface area contributed by atoms with Crippen molar-refractivity contribution in [2.75, 3.05) is 0 Å². The third kappa shape index (κ3) is 7.13. The number of furan rings is 1. The highest BCUT2D eigenvalue weighted by Crippen LogP contribution is 2.41. The second-order valence-electron chi connectivity index (χ2n) is 16.3. The topological polar surface area (TPSA) is 51.8 Å². The maximum absolute atomic E-state index is 6.81. The fourth-order valence-electron chi connectivity index (χ4n) is 9.08. The van der Waals surface area contributed by atoms with E-state index in [0.29, 0.717) is 17.5 Å². The molecule has 0 spiro atoms. The van der Waals surface area contributed by atoms with Crippen molar-refractivity contribution >= 4 is 32.7 Å². The molecule has 12 rings (SSSR count). The van der Waals surface area contributed by atoms with Crippen molar-refractivity contribution in [1.82, 2.24) is 15.0 Å². The fourth-order valence-corrected chi connectivity index (χ4v) is 9.08. The Morgan fingerprint density at radius 2 is 0.708 bits per heavy atom. The first kappa shape index (κ1) is 38.0.